The number of amides is 1. The van der Waals surface area contributed by atoms with Crippen molar-refractivity contribution in [3.05, 3.63) is 64.0 Å². The van der Waals surface area contributed by atoms with Crippen molar-refractivity contribution in [2.75, 3.05) is 19.0 Å². The Morgan fingerprint density at radius 2 is 2.07 bits per heavy atom. The van der Waals surface area contributed by atoms with Gasteiger partial charge in [0.05, 0.1) is 18.6 Å². The molecule has 28 heavy (non-hydrogen) atoms. The van der Waals surface area contributed by atoms with Gasteiger partial charge in [0.15, 0.2) is 11.5 Å². The summed E-state index contributed by atoms with van der Waals surface area (Å²) >= 11 is 0. The van der Waals surface area contributed by atoms with E-state index in [1.165, 1.54) is 29.7 Å². The molecule has 1 N–H and O–H groups in total. The van der Waals surface area contributed by atoms with E-state index >= 15 is 0 Å². The van der Waals surface area contributed by atoms with Crippen molar-refractivity contribution in [2.24, 2.45) is 0 Å². The highest BCUT2D eigenvalue weighted by Crippen LogP contribution is 2.26. The van der Waals surface area contributed by atoms with E-state index < -0.39 is 22.5 Å². The van der Waals surface area contributed by atoms with Crippen LogP contribution < -0.4 is 10.1 Å². The third-order valence-electron chi connectivity index (χ3n) is 3.88. The molecule has 0 radical (unpaired) electrons. The van der Waals surface area contributed by atoms with Gasteiger partial charge in [-0.1, -0.05) is 6.07 Å². The number of imidazole rings is 1. The number of esters is 1. The number of fused-ring (bicyclic) bond motifs is 1. The fourth-order valence-electron chi connectivity index (χ4n) is 2.62. The molecule has 144 valence electrons. The van der Waals surface area contributed by atoms with E-state index in [2.05, 4.69) is 10.3 Å². The molecular formula is C18H16N4O6. The minimum atomic E-state index is -0.790. The summed E-state index contributed by atoms with van der Waals surface area (Å²) in [4.78, 5) is 39.9. The highest BCUT2D eigenvalue weighted by Gasteiger charge is 2.26. The summed E-state index contributed by atoms with van der Waals surface area (Å²) in [6.07, 6.45) is 1.60. The van der Waals surface area contributed by atoms with Gasteiger partial charge >= 0.3 is 5.97 Å². The highest BCUT2D eigenvalue weighted by atomic mass is 16.6. The van der Waals surface area contributed by atoms with Crippen LogP contribution in [0.5, 0.6) is 5.75 Å². The quantitative estimate of drug-likeness (QED) is 0.393. The lowest BCUT2D eigenvalue weighted by Gasteiger charge is -2.09. The number of nitrogens with one attached hydrogen (secondary N) is 1. The van der Waals surface area contributed by atoms with E-state index in [0.717, 1.165) is 0 Å². The zero-order valence-corrected chi connectivity index (χ0v) is 15.0. The summed E-state index contributed by atoms with van der Waals surface area (Å²) in [6, 6.07) is 8.86. The van der Waals surface area contributed by atoms with Crippen LogP contribution in [-0.2, 0) is 4.74 Å². The number of anilines is 1. The minimum Gasteiger partial charge on any atom is -0.497 e. The van der Waals surface area contributed by atoms with Crippen molar-refractivity contribution >= 4 is 29.0 Å². The Morgan fingerprint density at radius 3 is 2.75 bits per heavy atom. The number of pyridine rings is 1. The molecule has 1 amide bonds. The maximum absolute atomic E-state index is 12.8. The Balaban J connectivity index is 2.08. The number of ether oxygens (including phenoxy) is 2. The van der Waals surface area contributed by atoms with Crippen LogP contribution in [0.2, 0.25) is 0 Å². The second kappa shape index (κ2) is 7.74. The molecule has 0 saturated carbocycles. The van der Waals surface area contributed by atoms with Gasteiger partial charge in [-0.25, -0.2) is 9.78 Å². The number of methoxy groups -OCH3 is 1. The molecule has 0 fully saturated rings. The van der Waals surface area contributed by atoms with Gasteiger partial charge in [-0.05, 0) is 31.2 Å². The number of benzene rings is 1. The first-order chi connectivity index (χ1) is 13.5. The lowest BCUT2D eigenvalue weighted by atomic mass is 10.1. The van der Waals surface area contributed by atoms with Crippen LogP contribution in [0, 0.1) is 10.1 Å². The Hall–Kier alpha value is -3.95. The van der Waals surface area contributed by atoms with E-state index in [-0.39, 0.29) is 29.4 Å². The number of aromatic nitrogens is 2. The first-order valence-corrected chi connectivity index (χ1v) is 8.24. The molecule has 0 bridgehead atoms. The molecule has 3 rings (SSSR count). The molecule has 3 aromatic rings. The molecule has 0 atom stereocenters. The van der Waals surface area contributed by atoms with E-state index in [9.17, 15) is 19.7 Å². The first-order valence-electron chi connectivity index (χ1n) is 8.24. The van der Waals surface area contributed by atoms with E-state index in [1.54, 1.807) is 31.3 Å². The second-order valence-corrected chi connectivity index (χ2v) is 5.55. The average molecular weight is 384 g/mol. The zero-order valence-electron chi connectivity index (χ0n) is 15.0. The maximum atomic E-state index is 12.8. The molecule has 0 spiro atoms. The fraction of sp³-hybridized carbons (Fsp3) is 0.167. The summed E-state index contributed by atoms with van der Waals surface area (Å²) in [5.41, 5.74) is -0.317. The van der Waals surface area contributed by atoms with Crippen molar-refractivity contribution in [2.45, 2.75) is 6.92 Å². The molecule has 2 heterocycles. The average Bonchev–Trinajstić information content (AvgIpc) is 3.06. The number of hydrogen-bond donors (Lipinski definition) is 1. The number of carbonyl (C=O) groups is 2. The van der Waals surface area contributed by atoms with E-state index in [1.807, 2.05) is 0 Å². The third kappa shape index (κ3) is 3.47. The molecule has 0 saturated heterocycles. The number of carbonyl (C=O) groups excluding carboxylic acids is 2. The molecule has 0 aliphatic carbocycles. The standard InChI is InChI=1S/C18H16N4O6/c1-3-28-18(24)15-16(21-9-5-4-6-14(21)19-15)20-17(23)12-10-11(27-2)7-8-13(12)22(25)26/h4-10H,3H2,1-2H3,(H,20,23). The SMILES string of the molecule is CCOC(=O)c1nc2ccccn2c1NC(=O)c1cc(OC)ccc1[N+](=O)[O-]. The molecule has 10 nitrogen and oxygen atoms in total. The van der Waals surface area contributed by atoms with Crippen molar-refractivity contribution in [3.8, 4) is 5.75 Å². The van der Waals surface area contributed by atoms with Gasteiger partial charge in [0.1, 0.15) is 17.0 Å². The van der Waals surface area contributed by atoms with Gasteiger partial charge in [-0.15, -0.1) is 0 Å². The lowest BCUT2D eigenvalue weighted by molar-refractivity contribution is -0.385. The van der Waals surface area contributed by atoms with Crippen molar-refractivity contribution < 1.29 is 24.0 Å². The largest absolute Gasteiger partial charge is 0.497 e. The second-order valence-electron chi connectivity index (χ2n) is 5.55. The number of rotatable bonds is 6. The number of hydrogen-bond acceptors (Lipinski definition) is 7. The van der Waals surface area contributed by atoms with Crippen LogP contribution in [0.4, 0.5) is 11.5 Å². The van der Waals surface area contributed by atoms with Crippen LogP contribution in [0.25, 0.3) is 5.65 Å². The van der Waals surface area contributed by atoms with Gasteiger partial charge in [0.2, 0.25) is 0 Å². The number of nitro benzene ring substituents is 1. The predicted molar refractivity (Wildman–Crippen MR) is 98.8 cm³/mol. The van der Waals surface area contributed by atoms with Gasteiger partial charge in [0.25, 0.3) is 11.6 Å². The molecule has 2 aromatic heterocycles. The minimum absolute atomic E-state index is 0.0520. The topological polar surface area (TPSA) is 125 Å². The van der Waals surface area contributed by atoms with Crippen molar-refractivity contribution in [1.82, 2.24) is 9.38 Å². The van der Waals surface area contributed by atoms with Crippen molar-refractivity contribution in [1.29, 1.82) is 0 Å². The van der Waals surface area contributed by atoms with Gasteiger partial charge < -0.3 is 14.8 Å². The predicted octanol–water partition coefficient (Wildman–Crippen LogP) is 2.68. The van der Waals surface area contributed by atoms with Crippen LogP contribution in [-0.4, -0.2) is 39.9 Å². The molecule has 0 aliphatic heterocycles. The Labute approximate surface area is 158 Å². The molecule has 0 unspecified atom stereocenters. The van der Waals surface area contributed by atoms with Crippen LogP contribution >= 0.6 is 0 Å². The summed E-state index contributed by atoms with van der Waals surface area (Å²) in [7, 11) is 1.38. The molecule has 10 heteroatoms. The summed E-state index contributed by atoms with van der Waals surface area (Å²) in [5, 5.41) is 13.8. The molecule has 1 aromatic carbocycles. The third-order valence-corrected chi connectivity index (χ3v) is 3.88. The van der Waals surface area contributed by atoms with Crippen LogP contribution in [0.15, 0.2) is 42.6 Å². The van der Waals surface area contributed by atoms with Gasteiger partial charge in [-0.3, -0.25) is 19.3 Å². The van der Waals surface area contributed by atoms with E-state index in [4.69, 9.17) is 9.47 Å². The molecule has 0 aliphatic rings. The first kappa shape index (κ1) is 18.8. The van der Waals surface area contributed by atoms with Crippen LogP contribution in [0.1, 0.15) is 27.8 Å². The summed E-state index contributed by atoms with van der Waals surface area (Å²) in [6.45, 7) is 1.77. The van der Waals surface area contributed by atoms with Gasteiger partial charge in [0, 0.05) is 12.3 Å². The highest BCUT2D eigenvalue weighted by molar-refractivity contribution is 6.09. The zero-order chi connectivity index (χ0) is 20.3. The lowest BCUT2D eigenvalue weighted by Crippen LogP contribution is -2.18. The van der Waals surface area contributed by atoms with E-state index in [0.29, 0.717) is 5.65 Å². The summed E-state index contributed by atoms with van der Waals surface area (Å²) < 4.78 is 11.5. The molecular weight excluding hydrogens is 368 g/mol. The number of nitro groups is 1. The Bertz CT molecular complexity index is 1080. The monoisotopic (exact) mass is 384 g/mol. The smallest absolute Gasteiger partial charge is 0.360 e. The Morgan fingerprint density at radius 1 is 1.29 bits per heavy atom. The number of nitrogens with zero attached hydrogens (tertiary/aromatic N) is 3. The van der Waals surface area contributed by atoms with Crippen molar-refractivity contribution in [3.63, 3.8) is 0 Å². The normalized spacial score (nSPS) is 10.5. The Kier molecular flexibility index (Phi) is 5.21. The van der Waals surface area contributed by atoms with Gasteiger partial charge in [-0.2, -0.15) is 0 Å². The van der Waals surface area contributed by atoms with Crippen LogP contribution in [0.3, 0.4) is 0 Å². The fourth-order valence-corrected chi connectivity index (χ4v) is 2.62. The summed E-state index contributed by atoms with van der Waals surface area (Å²) in [5.74, 6) is -1.18. The maximum Gasteiger partial charge on any atom is 0.360 e.